The van der Waals surface area contributed by atoms with Crippen LogP contribution in [-0.2, 0) is 23.8 Å². The highest BCUT2D eigenvalue weighted by molar-refractivity contribution is 5.75. The van der Waals surface area contributed by atoms with Crippen LogP contribution in [0.2, 0.25) is 0 Å². The molecule has 0 aromatic heterocycles. The fourth-order valence-electron chi connectivity index (χ4n) is 10.1. The highest BCUT2D eigenvalue weighted by atomic mass is 16.5. The average molecular weight is 558 g/mol. The lowest BCUT2D eigenvalue weighted by atomic mass is 9.47. The van der Waals surface area contributed by atoms with Crippen LogP contribution < -0.4 is 5.73 Å². The molecule has 0 amide bonds. The van der Waals surface area contributed by atoms with Crippen LogP contribution in [0.25, 0.3) is 0 Å². The summed E-state index contributed by atoms with van der Waals surface area (Å²) in [5.74, 6) is 3.37. The van der Waals surface area contributed by atoms with Gasteiger partial charge in [-0.2, -0.15) is 0 Å². The maximum atomic E-state index is 12.2. The van der Waals surface area contributed by atoms with Crippen LogP contribution in [0.1, 0.15) is 106 Å². The molecule has 6 nitrogen and oxygen atoms in total. The monoisotopic (exact) mass is 557 g/mol. The summed E-state index contributed by atoms with van der Waals surface area (Å²) in [7, 11) is 0. The number of allylic oxidation sites excluding steroid dienone is 1. The molecule has 0 unspecified atom stereocenters. The van der Waals surface area contributed by atoms with Crippen LogP contribution in [0.4, 0.5) is 0 Å². The zero-order valence-electron chi connectivity index (χ0n) is 26.1. The summed E-state index contributed by atoms with van der Waals surface area (Å²) in [6, 6.07) is -0.543. The van der Waals surface area contributed by atoms with E-state index in [2.05, 4.69) is 33.8 Å². The second kappa shape index (κ2) is 11.4. The number of carbonyl (C=O) groups is 2. The summed E-state index contributed by atoms with van der Waals surface area (Å²) in [4.78, 5) is 23.7. The number of rotatable bonds is 8. The normalized spacial score (nSPS) is 43.6. The third-order valence-electron chi connectivity index (χ3n) is 12.4. The van der Waals surface area contributed by atoms with E-state index >= 15 is 0 Å². The van der Waals surface area contributed by atoms with Gasteiger partial charge in [0.1, 0.15) is 12.1 Å². The van der Waals surface area contributed by atoms with E-state index in [1.165, 1.54) is 32.6 Å². The quantitative estimate of drug-likeness (QED) is 0.272. The Balaban J connectivity index is 1.19. The minimum absolute atomic E-state index is 0.0617. The zero-order valence-corrected chi connectivity index (χ0v) is 26.1. The molecule has 226 valence electrons. The van der Waals surface area contributed by atoms with Crippen LogP contribution >= 0.6 is 0 Å². The van der Waals surface area contributed by atoms with Gasteiger partial charge in [-0.25, -0.2) is 0 Å². The van der Waals surface area contributed by atoms with Gasteiger partial charge < -0.3 is 19.9 Å². The molecule has 1 aliphatic heterocycles. The van der Waals surface area contributed by atoms with Gasteiger partial charge in [-0.15, -0.1) is 0 Å². The Labute approximate surface area is 242 Å². The topological polar surface area (TPSA) is 87.9 Å². The summed E-state index contributed by atoms with van der Waals surface area (Å²) in [5.41, 5.74) is 8.11. The molecule has 0 radical (unpaired) electrons. The molecule has 12 atom stereocenters. The first-order valence-corrected chi connectivity index (χ1v) is 16.3. The molecule has 4 fully saturated rings. The highest BCUT2D eigenvalue weighted by Gasteiger charge is 2.65. The molecule has 5 rings (SSSR count). The zero-order chi connectivity index (χ0) is 29.0. The van der Waals surface area contributed by atoms with Gasteiger partial charge in [0, 0.05) is 13.3 Å². The van der Waals surface area contributed by atoms with E-state index in [4.69, 9.17) is 19.9 Å². The molecule has 0 aromatic rings. The Morgan fingerprint density at radius 1 is 1.15 bits per heavy atom. The molecule has 1 saturated heterocycles. The molecule has 3 saturated carbocycles. The summed E-state index contributed by atoms with van der Waals surface area (Å²) in [5, 5.41) is 0. The lowest BCUT2D eigenvalue weighted by Gasteiger charge is -2.58. The van der Waals surface area contributed by atoms with Gasteiger partial charge in [0.25, 0.3) is 0 Å². The fourth-order valence-corrected chi connectivity index (χ4v) is 10.1. The van der Waals surface area contributed by atoms with E-state index in [-0.39, 0.29) is 29.4 Å². The van der Waals surface area contributed by atoms with Gasteiger partial charge in [-0.05, 0) is 104 Å². The minimum atomic E-state index is -0.543. The van der Waals surface area contributed by atoms with Gasteiger partial charge >= 0.3 is 11.9 Å². The molecule has 2 N–H and O–H groups in total. The van der Waals surface area contributed by atoms with E-state index in [9.17, 15) is 9.59 Å². The third-order valence-corrected chi connectivity index (χ3v) is 12.4. The van der Waals surface area contributed by atoms with Crippen molar-refractivity contribution in [1.82, 2.24) is 0 Å². The number of esters is 2. The Bertz CT molecular complexity index is 993. The number of hydrogen-bond donors (Lipinski definition) is 1. The maximum Gasteiger partial charge on any atom is 0.323 e. The Morgan fingerprint density at radius 2 is 1.90 bits per heavy atom. The Kier molecular flexibility index (Phi) is 8.54. The van der Waals surface area contributed by atoms with E-state index < -0.39 is 6.04 Å². The lowest BCUT2D eigenvalue weighted by molar-refractivity contribution is -0.149. The van der Waals surface area contributed by atoms with Crippen molar-refractivity contribution in [2.75, 3.05) is 6.61 Å². The SMILES string of the molecule is CC(=O)O[C@H]1CC[C@@]2(C)C(=CC[C@H]3[C@@H]4C[C@@H]5O[C@H](CC[C@@H](C)COC(=O)[C@@H](N)C(C)C)[C@@H](C)[C@@H]5[C@@]4(C)CC[C@@H]32)C1. The van der Waals surface area contributed by atoms with Crippen molar-refractivity contribution >= 4 is 11.9 Å². The van der Waals surface area contributed by atoms with E-state index in [1.54, 1.807) is 5.57 Å². The molecule has 0 spiro atoms. The van der Waals surface area contributed by atoms with Gasteiger partial charge in [0.05, 0.1) is 18.8 Å². The van der Waals surface area contributed by atoms with Crippen LogP contribution in [0.3, 0.4) is 0 Å². The molecular weight excluding hydrogens is 502 g/mol. The Morgan fingerprint density at radius 3 is 2.60 bits per heavy atom. The van der Waals surface area contributed by atoms with Crippen molar-refractivity contribution in [3.05, 3.63) is 11.6 Å². The summed E-state index contributed by atoms with van der Waals surface area (Å²) in [6.45, 7) is 15.6. The molecule has 4 aliphatic carbocycles. The number of carbonyl (C=O) groups excluding carboxylic acids is 2. The molecular formula is C34H55NO5. The van der Waals surface area contributed by atoms with Gasteiger partial charge in [-0.1, -0.05) is 53.2 Å². The summed E-state index contributed by atoms with van der Waals surface area (Å²) >= 11 is 0. The second-order valence-corrected chi connectivity index (χ2v) is 15.2. The maximum absolute atomic E-state index is 12.2. The number of nitrogens with two attached hydrogens (primary N) is 1. The Hall–Kier alpha value is -1.40. The first kappa shape index (κ1) is 30.1. The molecule has 0 aromatic carbocycles. The van der Waals surface area contributed by atoms with Crippen molar-refractivity contribution in [2.45, 2.75) is 131 Å². The van der Waals surface area contributed by atoms with Crippen molar-refractivity contribution in [3.8, 4) is 0 Å². The number of fused-ring (bicyclic) bond motifs is 7. The van der Waals surface area contributed by atoms with Crippen molar-refractivity contribution in [2.24, 2.45) is 58.0 Å². The fraction of sp³-hybridized carbons (Fsp3) is 0.882. The van der Waals surface area contributed by atoms with Crippen LogP contribution in [0.15, 0.2) is 11.6 Å². The summed E-state index contributed by atoms with van der Waals surface area (Å²) < 4.78 is 18.0. The third kappa shape index (κ3) is 5.29. The average Bonchev–Trinajstić information content (AvgIpc) is 3.38. The highest BCUT2D eigenvalue weighted by Crippen LogP contribution is 2.69. The van der Waals surface area contributed by atoms with Gasteiger partial charge in [0.15, 0.2) is 0 Å². The molecule has 1 heterocycles. The van der Waals surface area contributed by atoms with Crippen LogP contribution in [-0.4, -0.2) is 42.9 Å². The lowest BCUT2D eigenvalue weighted by Crippen LogP contribution is -2.51. The first-order chi connectivity index (χ1) is 18.8. The van der Waals surface area contributed by atoms with Crippen molar-refractivity contribution in [3.63, 3.8) is 0 Å². The van der Waals surface area contributed by atoms with Crippen LogP contribution in [0.5, 0.6) is 0 Å². The van der Waals surface area contributed by atoms with Crippen LogP contribution in [0, 0.1) is 52.3 Å². The molecule has 6 heteroatoms. The first-order valence-electron chi connectivity index (χ1n) is 16.3. The van der Waals surface area contributed by atoms with Crippen molar-refractivity contribution < 1.29 is 23.8 Å². The number of ether oxygens (including phenoxy) is 3. The molecule has 40 heavy (non-hydrogen) atoms. The molecule has 5 aliphatic rings. The standard InChI is InChI=1S/C34H55NO5/c1-19(2)31(35)32(37)38-18-20(3)8-11-28-21(4)30-29(40-28)17-27-25-10-9-23-16-24(39-22(5)36)12-14-33(23,6)26(25)13-15-34(27,30)7/h9,19-21,24-31H,8,10-18,35H2,1-7H3/t20-,21-,24+,25-,26+,27+,28-,29+,30+,31+,33+,34+/m1/s1. The van der Waals surface area contributed by atoms with E-state index in [1.807, 2.05) is 13.8 Å². The van der Waals surface area contributed by atoms with E-state index in [0.29, 0.717) is 42.0 Å². The predicted octanol–water partition coefficient (Wildman–Crippen LogP) is 6.45. The van der Waals surface area contributed by atoms with E-state index in [0.717, 1.165) is 49.9 Å². The summed E-state index contributed by atoms with van der Waals surface area (Å²) in [6.07, 6.45) is 13.4. The van der Waals surface area contributed by atoms with Gasteiger partial charge in [-0.3, -0.25) is 9.59 Å². The largest absolute Gasteiger partial charge is 0.464 e. The smallest absolute Gasteiger partial charge is 0.323 e. The van der Waals surface area contributed by atoms with Crippen molar-refractivity contribution in [1.29, 1.82) is 0 Å². The minimum Gasteiger partial charge on any atom is -0.464 e. The molecule has 0 bridgehead atoms. The predicted molar refractivity (Wildman–Crippen MR) is 156 cm³/mol. The second-order valence-electron chi connectivity index (χ2n) is 15.2. The van der Waals surface area contributed by atoms with Gasteiger partial charge in [0.2, 0.25) is 0 Å². The number of hydrogen-bond acceptors (Lipinski definition) is 6.